The lowest BCUT2D eigenvalue weighted by Gasteiger charge is -2.37. The third kappa shape index (κ3) is 2.57. The summed E-state index contributed by atoms with van der Waals surface area (Å²) in [5, 5.41) is 5.04. The molecule has 2 aliphatic heterocycles. The number of hydrogen-bond donors (Lipinski definition) is 0. The van der Waals surface area contributed by atoms with Crippen molar-refractivity contribution >= 4 is 61.5 Å². The molecule has 0 fully saturated rings. The summed E-state index contributed by atoms with van der Waals surface area (Å²) < 4.78 is 12.4. The molecule has 2 aliphatic carbocycles. The molecule has 0 saturated heterocycles. The van der Waals surface area contributed by atoms with E-state index >= 15 is 0 Å². The normalized spacial score (nSPS) is 16.3. The van der Waals surface area contributed by atoms with Crippen LogP contribution in [-0.4, -0.2) is 15.9 Å². The zero-order valence-corrected chi connectivity index (χ0v) is 28.3. The van der Waals surface area contributed by atoms with Gasteiger partial charge in [-0.1, -0.05) is 131 Å². The summed E-state index contributed by atoms with van der Waals surface area (Å²) in [5.41, 5.74) is 21.9. The molecule has 5 heterocycles. The predicted octanol–water partition coefficient (Wildman–Crippen LogP) is 10.0. The smallest absolute Gasteiger partial charge is 0.333 e. The number of hydrogen-bond acceptors (Lipinski definition) is 1. The number of rotatable bonds is 0. The molecular weight excluding hydrogens is 607 g/mol. The van der Waals surface area contributed by atoms with Gasteiger partial charge in [-0.3, -0.25) is 0 Å². The Morgan fingerprint density at radius 2 is 1.14 bits per heavy atom. The summed E-state index contributed by atoms with van der Waals surface area (Å²) in [6.45, 7) is 9.69. The van der Waals surface area contributed by atoms with Gasteiger partial charge in [-0.15, -0.1) is 0 Å². The largest absolute Gasteiger partial charge is 0.455 e. The molecule has 0 atom stereocenters. The van der Waals surface area contributed by atoms with Crippen molar-refractivity contribution < 1.29 is 4.42 Å². The molecule has 0 spiro atoms. The molecule has 0 bridgehead atoms. The molecule has 0 amide bonds. The van der Waals surface area contributed by atoms with Crippen LogP contribution in [0, 0.1) is 0 Å². The topological polar surface area (TPSA) is 23.0 Å². The maximum atomic E-state index is 6.95. The average molecular weight is 639 g/mol. The minimum atomic E-state index is -0.173. The Morgan fingerprint density at radius 3 is 1.92 bits per heavy atom. The van der Waals surface area contributed by atoms with E-state index < -0.39 is 0 Å². The van der Waals surface area contributed by atoms with Crippen LogP contribution in [-0.2, 0) is 10.8 Å². The SMILES string of the molecule is CC1(C)c2ccccc2-c2c1n1c3c(cccc23)-c2c3c(cc4c2oc2ccccc24)-n2c4c(c5cccc(c52)B31)-c1ccccc1C4(C)C. The third-order valence-electron chi connectivity index (χ3n) is 13.0. The molecule has 3 aromatic heterocycles. The van der Waals surface area contributed by atoms with E-state index in [9.17, 15) is 0 Å². The van der Waals surface area contributed by atoms with Crippen molar-refractivity contribution in [3.05, 3.63) is 138 Å². The number of benzene rings is 6. The average Bonchev–Trinajstić information content (AvgIpc) is 3.89. The summed E-state index contributed by atoms with van der Waals surface area (Å²) in [4.78, 5) is 0. The van der Waals surface area contributed by atoms with Crippen LogP contribution in [0.3, 0.4) is 0 Å². The van der Waals surface area contributed by atoms with Crippen LogP contribution in [0.1, 0.15) is 50.2 Å². The second-order valence-corrected chi connectivity index (χ2v) is 16.0. The van der Waals surface area contributed by atoms with Gasteiger partial charge in [0.25, 0.3) is 0 Å². The Kier molecular flexibility index (Phi) is 4.19. The maximum Gasteiger partial charge on any atom is 0.333 e. The molecule has 0 radical (unpaired) electrons. The van der Waals surface area contributed by atoms with E-state index in [1.165, 1.54) is 105 Å². The molecule has 4 aliphatic rings. The molecule has 3 nitrogen and oxygen atoms in total. The maximum absolute atomic E-state index is 6.95. The Labute approximate surface area is 289 Å². The Balaban J connectivity index is 1.30. The molecule has 0 unspecified atom stereocenters. The van der Waals surface area contributed by atoms with Crippen molar-refractivity contribution in [1.29, 1.82) is 0 Å². The molecule has 0 N–H and O–H groups in total. The van der Waals surface area contributed by atoms with Crippen LogP contribution in [0.4, 0.5) is 0 Å². The molecule has 9 aromatic rings. The molecule has 4 heteroatoms. The molecular formula is C46H31BN2O. The highest BCUT2D eigenvalue weighted by molar-refractivity contribution is 6.90. The first kappa shape index (κ1) is 26.2. The van der Waals surface area contributed by atoms with E-state index in [1.807, 2.05) is 0 Å². The van der Waals surface area contributed by atoms with E-state index in [2.05, 4.69) is 152 Å². The third-order valence-corrected chi connectivity index (χ3v) is 13.0. The minimum absolute atomic E-state index is 0.00284. The fraction of sp³-hybridized carbons (Fsp3) is 0.130. The summed E-state index contributed by atoms with van der Waals surface area (Å²) in [5.74, 6) is 0. The van der Waals surface area contributed by atoms with Gasteiger partial charge in [-0.05, 0) is 45.3 Å². The highest BCUT2D eigenvalue weighted by atomic mass is 16.3. The highest BCUT2D eigenvalue weighted by Gasteiger charge is 2.51. The number of aromatic nitrogens is 2. The molecule has 13 rings (SSSR count). The second-order valence-electron chi connectivity index (χ2n) is 16.0. The number of para-hydroxylation sites is 3. The zero-order valence-electron chi connectivity index (χ0n) is 28.3. The fourth-order valence-electron chi connectivity index (χ4n) is 11.2. The summed E-state index contributed by atoms with van der Waals surface area (Å²) in [7, 11) is 0. The van der Waals surface area contributed by atoms with Crippen molar-refractivity contribution in [2.24, 2.45) is 0 Å². The Hall–Kier alpha value is -5.74. The van der Waals surface area contributed by atoms with E-state index in [0.717, 1.165) is 11.2 Å². The van der Waals surface area contributed by atoms with Crippen LogP contribution in [0.5, 0.6) is 0 Å². The standard InChI is InChI=1S/C46H31BN2O/c1-45(2)31-19-8-5-14-25(31)36-28-18-12-21-33-41(28)48(43(36)45)34-23-30-24-13-7-10-22-35(24)50-42(30)38-29-17-11-16-27-37-26-15-6-9-20-32(26)46(3,4)44(37)49(40(27)29)47(33)39(34)38/h5-23H,1-4H3. The van der Waals surface area contributed by atoms with Gasteiger partial charge in [0.15, 0.2) is 0 Å². The summed E-state index contributed by atoms with van der Waals surface area (Å²) in [6.07, 6.45) is 0. The van der Waals surface area contributed by atoms with Gasteiger partial charge in [0.2, 0.25) is 0 Å². The predicted molar refractivity (Wildman–Crippen MR) is 207 cm³/mol. The van der Waals surface area contributed by atoms with Crippen LogP contribution in [0.2, 0.25) is 0 Å². The molecule has 0 saturated carbocycles. The van der Waals surface area contributed by atoms with Crippen molar-refractivity contribution in [3.8, 4) is 39.1 Å². The van der Waals surface area contributed by atoms with Gasteiger partial charge in [0, 0.05) is 77.2 Å². The second kappa shape index (κ2) is 8.00. The lowest BCUT2D eigenvalue weighted by Crippen LogP contribution is -2.56. The van der Waals surface area contributed by atoms with Crippen LogP contribution < -0.4 is 10.9 Å². The van der Waals surface area contributed by atoms with Crippen molar-refractivity contribution in [3.63, 3.8) is 0 Å². The van der Waals surface area contributed by atoms with E-state index in [-0.39, 0.29) is 17.7 Å². The highest BCUT2D eigenvalue weighted by Crippen LogP contribution is 2.58. The first-order chi connectivity index (χ1) is 24.4. The van der Waals surface area contributed by atoms with E-state index in [0.29, 0.717) is 0 Å². The van der Waals surface area contributed by atoms with Crippen LogP contribution in [0.15, 0.2) is 120 Å². The van der Waals surface area contributed by atoms with Crippen molar-refractivity contribution in [2.45, 2.75) is 38.5 Å². The van der Waals surface area contributed by atoms with Gasteiger partial charge < -0.3 is 13.5 Å². The van der Waals surface area contributed by atoms with E-state index in [1.54, 1.807) is 0 Å². The molecule has 6 aromatic carbocycles. The van der Waals surface area contributed by atoms with Crippen LogP contribution in [0.25, 0.3) is 82.8 Å². The van der Waals surface area contributed by atoms with Gasteiger partial charge in [-0.25, -0.2) is 0 Å². The lowest BCUT2D eigenvalue weighted by molar-refractivity contribution is 0.623. The van der Waals surface area contributed by atoms with Gasteiger partial charge >= 0.3 is 6.85 Å². The minimum Gasteiger partial charge on any atom is -0.455 e. The van der Waals surface area contributed by atoms with E-state index in [4.69, 9.17) is 4.42 Å². The monoisotopic (exact) mass is 638 g/mol. The lowest BCUT2D eigenvalue weighted by atomic mass is 9.45. The quantitative estimate of drug-likeness (QED) is 0.152. The van der Waals surface area contributed by atoms with Crippen LogP contribution >= 0.6 is 0 Å². The summed E-state index contributed by atoms with van der Waals surface area (Å²) in [6, 6.07) is 43.3. The number of furan rings is 1. The summed E-state index contributed by atoms with van der Waals surface area (Å²) >= 11 is 0. The first-order valence-electron chi connectivity index (χ1n) is 17.9. The van der Waals surface area contributed by atoms with Gasteiger partial charge in [0.1, 0.15) is 11.2 Å². The Bertz CT molecular complexity index is 3110. The zero-order chi connectivity index (χ0) is 33.0. The van der Waals surface area contributed by atoms with Crippen molar-refractivity contribution in [1.82, 2.24) is 9.05 Å². The Morgan fingerprint density at radius 1 is 0.540 bits per heavy atom. The van der Waals surface area contributed by atoms with Gasteiger partial charge in [0.05, 0.1) is 5.52 Å². The molecule has 50 heavy (non-hydrogen) atoms. The van der Waals surface area contributed by atoms with Crippen molar-refractivity contribution in [2.75, 3.05) is 0 Å². The number of nitrogens with zero attached hydrogens (tertiary/aromatic N) is 2. The first-order valence-corrected chi connectivity index (χ1v) is 17.9. The molecule has 234 valence electrons. The fourth-order valence-corrected chi connectivity index (χ4v) is 11.2. The number of fused-ring (bicyclic) bond motifs is 18. The van der Waals surface area contributed by atoms with Gasteiger partial charge in [-0.2, -0.15) is 0 Å².